The zero-order valence-electron chi connectivity index (χ0n) is 8.83. The van der Waals surface area contributed by atoms with Gasteiger partial charge in [0.1, 0.15) is 0 Å². The second-order valence-corrected chi connectivity index (χ2v) is 4.24. The SMILES string of the molecule is Cn1cc(Cl)c2ccc(CCCN)cc21. The Bertz CT molecular complexity index is 474. The molecular weight excluding hydrogens is 208 g/mol. The van der Waals surface area contributed by atoms with Crippen molar-refractivity contribution in [3.63, 3.8) is 0 Å². The molecule has 0 bridgehead atoms. The molecule has 3 heteroatoms. The molecular formula is C12H15ClN2. The fourth-order valence-corrected chi connectivity index (χ4v) is 2.15. The summed E-state index contributed by atoms with van der Waals surface area (Å²) in [5, 5.41) is 1.94. The summed E-state index contributed by atoms with van der Waals surface area (Å²) in [5.74, 6) is 0. The normalized spacial score (nSPS) is 11.1. The topological polar surface area (TPSA) is 30.9 Å². The van der Waals surface area contributed by atoms with E-state index in [0.717, 1.165) is 29.8 Å². The first-order valence-corrected chi connectivity index (χ1v) is 5.53. The predicted molar refractivity (Wildman–Crippen MR) is 65.3 cm³/mol. The van der Waals surface area contributed by atoms with E-state index in [2.05, 4.69) is 22.8 Å². The fraction of sp³-hybridized carbons (Fsp3) is 0.333. The molecule has 0 aliphatic carbocycles. The van der Waals surface area contributed by atoms with Crippen LogP contribution in [0, 0.1) is 0 Å². The maximum Gasteiger partial charge on any atom is 0.0661 e. The Hall–Kier alpha value is -0.990. The Kier molecular flexibility index (Phi) is 2.98. The van der Waals surface area contributed by atoms with E-state index in [0.29, 0.717) is 0 Å². The molecule has 0 atom stereocenters. The zero-order chi connectivity index (χ0) is 10.8. The molecule has 0 unspecified atom stereocenters. The van der Waals surface area contributed by atoms with Crippen molar-refractivity contribution in [2.75, 3.05) is 6.54 Å². The molecule has 2 N–H and O–H groups in total. The molecule has 1 aromatic heterocycles. The number of nitrogens with zero attached hydrogens (tertiary/aromatic N) is 1. The van der Waals surface area contributed by atoms with E-state index < -0.39 is 0 Å². The number of hydrogen-bond donors (Lipinski definition) is 1. The average molecular weight is 223 g/mol. The monoisotopic (exact) mass is 222 g/mol. The van der Waals surface area contributed by atoms with E-state index in [9.17, 15) is 0 Å². The summed E-state index contributed by atoms with van der Waals surface area (Å²) in [5.41, 5.74) is 8.01. The van der Waals surface area contributed by atoms with Crippen LogP contribution in [0.3, 0.4) is 0 Å². The second kappa shape index (κ2) is 4.25. The first-order chi connectivity index (χ1) is 7.22. The lowest BCUT2D eigenvalue weighted by Gasteiger charge is -2.02. The van der Waals surface area contributed by atoms with Crippen molar-refractivity contribution in [3.8, 4) is 0 Å². The lowest BCUT2D eigenvalue weighted by atomic mass is 10.1. The Morgan fingerprint density at radius 2 is 2.20 bits per heavy atom. The highest BCUT2D eigenvalue weighted by Crippen LogP contribution is 2.26. The summed E-state index contributed by atoms with van der Waals surface area (Å²) in [6.45, 7) is 0.742. The van der Waals surface area contributed by atoms with Crippen LogP contribution >= 0.6 is 11.6 Å². The van der Waals surface area contributed by atoms with Crippen LogP contribution < -0.4 is 5.73 Å². The number of nitrogens with two attached hydrogens (primary N) is 1. The molecule has 0 fully saturated rings. The summed E-state index contributed by atoms with van der Waals surface area (Å²) in [4.78, 5) is 0. The van der Waals surface area contributed by atoms with E-state index in [1.807, 2.05) is 13.2 Å². The lowest BCUT2D eigenvalue weighted by molar-refractivity contribution is 0.832. The van der Waals surface area contributed by atoms with E-state index in [4.69, 9.17) is 17.3 Å². The smallest absolute Gasteiger partial charge is 0.0661 e. The maximum absolute atomic E-state index is 6.09. The largest absolute Gasteiger partial charge is 0.349 e. The number of halogens is 1. The van der Waals surface area contributed by atoms with Gasteiger partial charge in [0.2, 0.25) is 0 Å². The van der Waals surface area contributed by atoms with Gasteiger partial charge in [-0.1, -0.05) is 23.7 Å². The van der Waals surface area contributed by atoms with Crippen molar-refractivity contribution >= 4 is 22.5 Å². The molecule has 15 heavy (non-hydrogen) atoms. The van der Waals surface area contributed by atoms with Crippen molar-refractivity contribution in [2.45, 2.75) is 12.8 Å². The van der Waals surface area contributed by atoms with Crippen LogP contribution in [-0.2, 0) is 13.5 Å². The van der Waals surface area contributed by atoms with Gasteiger partial charge in [-0.15, -0.1) is 0 Å². The second-order valence-electron chi connectivity index (χ2n) is 3.83. The van der Waals surface area contributed by atoms with Crippen molar-refractivity contribution in [2.24, 2.45) is 12.8 Å². The van der Waals surface area contributed by atoms with E-state index in [-0.39, 0.29) is 0 Å². The highest BCUT2D eigenvalue weighted by atomic mass is 35.5. The van der Waals surface area contributed by atoms with Gasteiger partial charge in [0, 0.05) is 24.1 Å². The van der Waals surface area contributed by atoms with E-state index in [1.54, 1.807) is 0 Å². The van der Waals surface area contributed by atoms with Gasteiger partial charge in [-0.05, 0) is 31.0 Å². The summed E-state index contributed by atoms with van der Waals surface area (Å²) in [6.07, 6.45) is 4.01. The van der Waals surface area contributed by atoms with Crippen LogP contribution in [0.4, 0.5) is 0 Å². The first kappa shape index (κ1) is 10.5. The predicted octanol–water partition coefficient (Wildman–Crippen LogP) is 2.72. The van der Waals surface area contributed by atoms with Crippen molar-refractivity contribution in [3.05, 3.63) is 35.0 Å². The van der Waals surface area contributed by atoms with Gasteiger partial charge in [0.15, 0.2) is 0 Å². The summed E-state index contributed by atoms with van der Waals surface area (Å²) in [6, 6.07) is 6.41. The molecule has 0 aliphatic heterocycles. The average Bonchev–Trinajstić information content (AvgIpc) is 2.52. The maximum atomic E-state index is 6.09. The van der Waals surface area contributed by atoms with Crippen LogP contribution in [0.1, 0.15) is 12.0 Å². The van der Waals surface area contributed by atoms with Gasteiger partial charge < -0.3 is 10.3 Å². The van der Waals surface area contributed by atoms with Crippen molar-refractivity contribution < 1.29 is 0 Å². The molecule has 0 radical (unpaired) electrons. The number of benzene rings is 1. The van der Waals surface area contributed by atoms with Crippen LogP contribution in [0.25, 0.3) is 10.9 Å². The van der Waals surface area contributed by atoms with E-state index >= 15 is 0 Å². The number of aryl methyl sites for hydroxylation is 2. The van der Waals surface area contributed by atoms with Gasteiger partial charge in [0.25, 0.3) is 0 Å². The third kappa shape index (κ3) is 2.01. The summed E-state index contributed by atoms with van der Waals surface area (Å²) >= 11 is 6.09. The van der Waals surface area contributed by atoms with E-state index in [1.165, 1.54) is 11.1 Å². The lowest BCUT2D eigenvalue weighted by Crippen LogP contribution is -2.00. The molecule has 80 valence electrons. The third-order valence-corrected chi connectivity index (χ3v) is 2.98. The Balaban J connectivity index is 2.41. The zero-order valence-corrected chi connectivity index (χ0v) is 9.59. The summed E-state index contributed by atoms with van der Waals surface area (Å²) in [7, 11) is 2.01. The van der Waals surface area contributed by atoms with Crippen LogP contribution in [-0.4, -0.2) is 11.1 Å². The first-order valence-electron chi connectivity index (χ1n) is 5.16. The molecule has 0 saturated heterocycles. The van der Waals surface area contributed by atoms with Crippen molar-refractivity contribution in [1.29, 1.82) is 0 Å². The summed E-state index contributed by atoms with van der Waals surface area (Å²) < 4.78 is 2.06. The minimum absolute atomic E-state index is 0.742. The van der Waals surface area contributed by atoms with Gasteiger partial charge in [0.05, 0.1) is 5.02 Å². The molecule has 0 saturated carbocycles. The number of rotatable bonds is 3. The Morgan fingerprint density at radius 1 is 1.40 bits per heavy atom. The highest BCUT2D eigenvalue weighted by Gasteiger charge is 2.04. The number of hydrogen-bond acceptors (Lipinski definition) is 1. The number of aromatic nitrogens is 1. The van der Waals surface area contributed by atoms with Gasteiger partial charge in [-0.2, -0.15) is 0 Å². The molecule has 2 aromatic rings. The number of fused-ring (bicyclic) bond motifs is 1. The standard InChI is InChI=1S/C12H15ClN2/c1-15-8-11(13)10-5-4-9(3-2-6-14)7-12(10)15/h4-5,7-8H,2-3,6,14H2,1H3. The minimum Gasteiger partial charge on any atom is -0.349 e. The molecule has 0 aliphatic rings. The van der Waals surface area contributed by atoms with Crippen molar-refractivity contribution in [1.82, 2.24) is 4.57 Å². The minimum atomic E-state index is 0.742. The van der Waals surface area contributed by atoms with Crippen LogP contribution in [0.5, 0.6) is 0 Å². The molecule has 2 rings (SSSR count). The molecule has 0 amide bonds. The Labute approximate surface area is 94.6 Å². The highest BCUT2D eigenvalue weighted by molar-refractivity contribution is 6.35. The molecule has 1 aromatic carbocycles. The molecule has 2 nitrogen and oxygen atoms in total. The van der Waals surface area contributed by atoms with Gasteiger partial charge in [-0.25, -0.2) is 0 Å². The molecule has 0 spiro atoms. The Morgan fingerprint density at radius 3 is 2.93 bits per heavy atom. The molecule has 1 heterocycles. The van der Waals surface area contributed by atoms with Crippen LogP contribution in [0.15, 0.2) is 24.4 Å². The quantitative estimate of drug-likeness (QED) is 0.851. The van der Waals surface area contributed by atoms with Crippen LogP contribution in [0.2, 0.25) is 5.02 Å². The van der Waals surface area contributed by atoms with Gasteiger partial charge >= 0.3 is 0 Å². The third-order valence-electron chi connectivity index (χ3n) is 2.68. The fourth-order valence-electron chi connectivity index (χ4n) is 1.84. The van der Waals surface area contributed by atoms with Gasteiger partial charge in [-0.3, -0.25) is 0 Å².